The molecule has 0 amide bonds. The van der Waals surface area contributed by atoms with E-state index in [1.807, 2.05) is 30.3 Å². The molecule has 5 heteroatoms. The number of hydrogen-bond acceptors (Lipinski definition) is 4. The Kier molecular flexibility index (Phi) is 5.90. The lowest BCUT2D eigenvalue weighted by Gasteiger charge is -2.21. The number of alkyl halides is 1. The maximum atomic E-state index is 11.5. The Labute approximate surface area is 132 Å². The monoisotopic (exact) mass is 348 g/mol. The van der Waals surface area contributed by atoms with Crippen molar-refractivity contribution in [2.75, 3.05) is 13.7 Å². The topological polar surface area (TPSA) is 51.2 Å². The molecule has 0 saturated heterocycles. The third kappa shape index (κ3) is 4.37. The van der Waals surface area contributed by atoms with Gasteiger partial charge in [-0.05, 0) is 23.3 Å². The zero-order valence-electron chi connectivity index (χ0n) is 11.7. The second kappa shape index (κ2) is 7.90. The Morgan fingerprint density at radius 2 is 1.81 bits per heavy atom. The van der Waals surface area contributed by atoms with Gasteiger partial charge >= 0.3 is 5.97 Å². The highest BCUT2D eigenvalue weighted by Crippen LogP contribution is 2.21. The molecule has 0 saturated carbocycles. The summed E-state index contributed by atoms with van der Waals surface area (Å²) in [5.41, 5.74) is 2.23. The van der Waals surface area contributed by atoms with E-state index in [0.717, 1.165) is 11.1 Å². The number of benzene rings is 1. The largest absolute Gasteiger partial charge is 0.468 e. The van der Waals surface area contributed by atoms with Crippen molar-refractivity contribution >= 4 is 21.9 Å². The molecule has 0 aliphatic carbocycles. The number of methoxy groups -OCH3 is 1. The number of pyridine rings is 1. The van der Waals surface area contributed by atoms with E-state index < -0.39 is 0 Å². The van der Waals surface area contributed by atoms with Crippen LogP contribution in [0.15, 0.2) is 54.9 Å². The van der Waals surface area contributed by atoms with E-state index in [0.29, 0.717) is 6.54 Å². The molecule has 0 radical (unpaired) electrons. The number of ether oxygens (including phenoxy) is 1. The Morgan fingerprint density at radius 3 is 2.43 bits per heavy atom. The van der Waals surface area contributed by atoms with Crippen molar-refractivity contribution in [1.29, 1.82) is 0 Å². The molecular weight excluding hydrogens is 332 g/mol. The number of carbonyl (C=O) groups excluding carboxylic acids is 1. The van der Waals surface area contributed by atoms with Gasteiger partial charge in [0.1, 0.15) is 4.83 Å². The molecule has 4 nitrogen and oxygen atoms in total. The first-order valence-corrected chi connectivity index (χ1v) is 7.54. The number of hydrogen-bond donors (Lipinski definition) is 1. The third-order valence-electron chi connectivity index (χ3n) is 3.13. The number of esters is 1. The third-order valence-corrected chi connectivity index (χ3v) is 3.83. The highest BCUT2D eigenvalue weighted by Gasteiger charge is 2.19. The van der Waals surface area contributed by atoms with Crippen LogP contribution < -0.4 is 5.32 Å². The van der Waals surface area contributed by atoms with Crippen molar-refractivity contribution < 1.29 is 9.53 Å². The molecule has 2 unspecified atom stereocenters. The normalized spacial score (nSPS) is 13.4. The average molecular weight is 349 g/mol. The first-order chi connectivity index (χ1) is 10.2. The van der Waals surface area contributed by atoms with Gasteiger partial charge in [0.15, 0.2) is 0 Å². The van der Waals surface area contributed by atoms with Crippen LogP contribution in [0.5, 0.6) is 0 Å². The molecule has 1 aromatic heterocycles. The zero-order valence-corrected chi connectivity index (χ0v) is 13.3. The van der Waals surface area contributed by atoms with Crippen molar-refractivity contribution in [1.82, 2.24) is 10.3 Å². The molecule has 1 heterocycles. The molecule has 0 bridgehead atoms. The highest BCUT2D eigenvalue weighted by atomic mass is 79.9. The predicted octanol–water partition coefficient (Wildman–Crippen LogP) is 2.70. The fourth-order valence-corrected chi connectivity index (χ4v) is 2.44. The summed E-state index contributed by atoms with van der Waals surface area (Å²) in [6.45, 7) is 0.467. The predicted molar refractivity (Wildman–Crippen MR) is 85.3 cm³/mol. The summed E-state index contributed by atoms with van der Waals surface area (Å²) in [4.78, 5) is 15.1. The number of carbonyl (C=O) groups is 1. The van der Waals surface area contributed by atoms with Gasteiger partial charge in [-0.3, -0.25) is 9.78 Å². The maximum absolute atomic E-state index is 11.5. The second-order valence-electron chi connectivity index (χ2n) is 4.52. The van der Waals surface area contributed by atoms with Crippen molar-refractivity contribution in [2.45, 2.75) is 10.9 Å². The van der Waals surface area contributed by atoms with Crippen LogP contribution in [0.1, 0.15) is 17.2 Å². The number of rotatable bonds is 6. The molecular formula is C16H17BrN2O2. The summed E-state index contributed by atoms with van der Waals surface area (Å²) in [5, 5.41) is 3.39. The van der Waals surface area contributed by atoms with E-state index in [4.69, 9.17) is 4.74 Å². The van der Waals surface area contributed by atoms with Crippen molar-refractivity contribution in [3.63, 3.8) is 0 Å². The first kappa shape index (κ1) is 15.7. The Morgan fingerprint density at radius 1 is 1.19 bits per heavy atom. The van der Waals surface area contributed by atoms with Gasteiger partial charge in [-0.2, -0.15) is 0 Å². The quantitative estimate of drug-likeness (QED) is 0.644. The molecule has 0 spiro atoms. The fraction of sp³-hybridized carbons (Fsp3) is 0.250. The van der Waals surface area contributed by atoms with Crippen LogP contribution in [0.2, 0.25) is 0 Å². The molecule has 1 aromatic carbocycles. The summed E-state index contributed by atoms with van der Waals surface area (Å²) < 4.78 is 4.72. The van der Waals surface area contributed by atoms with Crippen molar-refractivity contribution in [2.24, 2.45) is 0 Å². The molecule has 2 aromatic rings. The van der Waals surface area contributed by atoms with Gasteiger partial charge in [0.25, 0.3) is 0 Å². The smallest absolute Gasteiger partial charge is 0.320 e. The van der Waals surface area contributed by atoms with E-state index in [9.17, 15) is 4.79 Å². The minimum atomic E-state index is -0.379. The summed E-state index contributed by atoms with van der Waals surface area (Å²) in [5.74, 6) is -0.288. The Hall–Kier alpha value is -1.72. The lowest BCUT2D eigenvalue weighted by atomic mass is 9.99. The van der Waals surface area contributed by atoms with Crippen LogP contribution in [-0.4, -0.2) is 29.4 Å². The van der Waals surface area contributed by atoms with Crippen LogP contribution in [0.4, 0.5) is 0 Å². The molecule has 0 fully saturated rings. The van der Waals surface area contributed by atoms with Crippen LogP contribution >= 0.6 is 15.9 Å². The van der Waals surface area contributed by atoms with Crippen LogP contribution in [0.25, 0.3) is 0 Å². The molecule has 1 N–H and O–H groups in total. The molecule has 110 valence electrons. The van der Waals surface area contributed by atoms with Gasteiger partial charge in [0.05, 0.1) is 13.2 Å². The maximum Gasteiger partial charge on any atom is 0.320 e. The van der Waals surface area contributed by atoms with Crippen LogP contribution in [-0.2, 0) is 9.53 Å². The molecule has 2 rings (SSSR count). The number of nitrogens with zero attached hydrogens (tertiary/aromatic N) is 1. The van der Waals surface area contributed by atoms with Crippen LogP contribution in [0, 0.1) is 0 Å². The SMILES string of the molecule is COC(=O)C(Br)CNC(c1ccccc1)c1ccncc1. The average Bonchev–Trinajstić information content (AvgIpc) is 2.56. The Bertz CT molecular complexity index is 524. The van der Waals surface area contributed by atoms with E-state index in [-0.39, 0.29) is 16.8 Å². The lowest BCUT2D eigenvalue weighted by Crippen LogP contribution is -2.33. The van der Waals surface area contributed by atoms with Crippen molar-refractivity contribution in [3.8, 4) is 0 Å². The van der Waals surface area contributed by atoms with Crippen molar-refractivity contribution in [3.05, 3.63) is 66.0 Å². The summed E-state index contributed by atoms with van der Waals surface area (Å²) >= 11 is 3.33. The highest BCUT2D eigenvalue weighted by molar-refractivity contribution is 9.10. The minimum absolute atomic E-state index is 0.00101. The van der Waals surface area contributed by atoms with Gasteiger partial charge in [-0.1, -0.05) is 46.3 Å². The number of aromatic nitrogens is 1. The number of halogens is 1. The summed E-state index contributed by atoms with van der Waals surface area (Å²) in [6.07, 6.45) is 3.53. The standard InChI is InChI=1S/C16H17BrN2O2/c1-21-16(20)14(17)11-19-15(12-5-3-2-4-6-12)13-7-9-18-10-8-13/h2-10,14-15,19H,11H2,1H3. The molecule has 2 atom stereocenters. The van der Waals surface area contributed by atoms with Gasteiger partial charge in [-0.15, -0.1) is 0 Å². The molecule has 21 heavy (non-hydrogen) atoms. The summed E-state index contributed by atoms with van der Waals surface area (Å²) in [6, 6.07) is 14.0. The summed E-state index contributed by atoms with van der Waals surface area (Å²) in [7, 11) is 1.38. The second-order valence-corrected chi connectivity index (χ2v) is 5.63. The zero-order chi connectivity index (χ0) is 15.1. The Balaban J connectivity index is 2.16. The van der Waals surface area contributed by atoms with Gasteiger partial charge in [-0.25, -0.2) is 0 Å². The van der Waals surface area contributed by atoms with Gasteiger partial charge < -0.3 is 10.1 Å². The van der Waals surface area contributed by atoms with E-state index >= 15 is 0 Å². The van der Waals surface area contributed by atoms with Crippen LogP contribution in [0.3, 0.4) is 0 Å². The lowest BCUT2D eigenvalue weighted by molar-refractivity contribution is -0.139. The van der Waals surface area contributed by atoms with Gasteiger partial charge in [0, 0.05) is 18.9 Å². The van der Waals surface area contributed by atoms with E-state index in [1.165, 1.54) is 7.11 Å². The molecule has 0 aliphatic rings. The first-order valence-electron chi connectivity index (χ1n) is 6.62. The fourth-order valence-electron chi connectivity index (χ4n) is 2.06. The van der Waals surface area contributed by atoms with E-state index in [2.05, 4.69) is 38.4 Å². The number of nitrogens with one attached hydrogen (secondary N) is 1. The minimum Gasteiger partial charge on any atom is -0.468 e. The molecule has 0 aliphatic heterocycles. The van der Waals surface area contributed by atoms with Gasteiger partial charge in [0.2, 0.25) is 0 Å². The van der Waals surface area contributed by atoms with E-state index in [1.54, 1.807) is 12.4 Å².